The van der Waals surface area contributed by atoms with E-state index in [1.807, 2.05) is 4.90 Å². The Morgan fingerprint density at radius 1 is 1.24 bits per heavy atom. The van der Waals surface area contributed by atoms with Gasteiger partial charge in [-0.3, -0.25) is 9.48 Å². The molecule has 2 atom stereocenters. The Balaban J connectivity index is 1.75. The molecule has 0 saturated carbocycles. The average molecular weight is 349 g/mol. The summed E-state index contributed by atoms with van der Waals surface area (Å²) in [4.78, 5) is 15.0. The number of carbonyl (C=O) groups is 1. The third kappa shape index (κ3) is 3.75. The maximum atomic E-state index is 13.1. The van der Waals surface area contributed by atoms with Crippen molar-refractivity contribution < 1.29 is 14.3 Å². The van der Waals surface area contributed by atoms with Crippen LogP contribution >= 0.6 is 0 Å². The summed E-state index contributed by atoms with van der Waals surface area (Å²) < 4.78 is 13.7. The highest BCUT2D eigenvalue weighted by atomic mass is 16.5. The highest BCUT2D eigenvalue weighted by molar-refractivity contribution is 5.95. The minimum Gasteiger partial charge on any atom is -0.375 e. The normalized spacial score (nSPS) is 24.2. The molecular weight excluding hydrogens is 318 g/mol. The molecule has 2 aliphatic heterocycles. The van der Waals surface area contributed by atoms with Crippen molar-refractivity contribution in [3.63, 3.8) is 0 Å². The van der Waals surface area contributed by atoms with Gasteiger partial charge in [0.25, 0.3) is 5.91 Å². The van der Waals surface area contributed by atoms with Crippen LogP contribution in [0.2, 0.25) is 0 Å². The molecule has 2 saturated heterocycles. The number of morpholine rings is 1. The van der Waals surface area contributed by atoms with Crippen molar-refractivity contribution in [2.45, 2.75) is 71.1 Å². The first kappa shape index (κ1) is 18.4. The Morgan fingerprint density at radius 3 is 2.64 bits per heavy atom. The third-order valence-electron chi connectivity index (χ3n) is 5.51. The maximum Gasteiger partial charge on any atom is 0.257 e. The monoisotopic (exact) mass is 349 g/mol. The van der Waals surface area contributed by atoms with E-state index in [0.717, 1.165) is 50.0 Å². The van der Waals surface area contributed by atoms with Gasteiger partial charge in [0.1, 0.15) is 6.10 Å². The van der Waals surface area contributed by atoms with Crippen LogP contribution in [-0.2, 0) is 15.9 Å². The van der Waals surface area contributed by atoms with Crippen LogP contribution in [0.4, 0.5) is 0 Å². The molecule has 6 heteroatoms. The van der Waals surface area contributed by atoms with Crippen LogP contribution < -0.4 is 0 Å². The predicted molar refractivity (Wildman–Crippen MR) is 95.8 cm³/mol. The molecule has 0 aromatic carbocycles. The fraction of sp³-hybridized carbons (Fsp3) is 0.789. The Labute approximate surface area is 150 Å². The second-order valence-corrected chi connectivity index (χ2v) is 6.99. The van der Waals surface area contributed by atoms with E-state index in [1.54, 1.807) is 6.20 Å². The molecule has 0 spiro atoms. The molecule has 3 heterocycles. The van der Waals surface area contributed by atoms with E-state index in [9.17, 15) is 4.79 Å². The zero-order valence-corrected chi connectivity index (χ0v) is 15.7. The molecule has 0 N–H and O–H groups in total. The topological polar surface area (TPSA) is 56.6 Å². The number of aromatic nitrogens is 2. The summed E-state index contributed by atoms with van der Waals surface area (Å²) in [7, 11) is 0. The Hall–Kier alpha value is -1.40. The summed E-state index contributed by atoms with van der Waals surface area (Å²) >= 11 is 0. The number of nitrogens with zero attached hydrogens (tertiary/aromatic N) is 3. The van der Waals surface area contributed by atoms with Crippen LogP contribution in [0.25, 0.3) is 0 Å². The van der Waals surface area contributed by atoms with Crippen molar-refractivity contribution in [1.82, 2.24) is 14.7 Å². The average Bonchev–Trinajstić information content (AvgIpc) is 3.32. The fourth-order valence-electron chi connectivity index (χ4n) is 4.02. The van der Waals surface area contributed by atoms with Crippen LogP contribution in [0, 0.1) is 0 Å². The zero-order valence-electron chi connectivity index (χ0n) is 15.7. The molecule has 2 aliphatic rings. The summed E-state index contributed by atoms with van der Waals surface area (Å²) in [6.07, 6.45) is 6.87. The number of hydrogen-bond acceptors (Lipinski definition) is 4. The van der Waals surface area contributed by atoms with Crippen molar-refractivity contribution in [3.05, 3.63) is 17.5 Å². The molecule has 1 aromatic heterocycles. The number of carbonyl (C=O) groups excluding carboxylic acids is 1. The first-order valence-electron chi connectivity index (χ1n) is 9.78. The van der Waals surface area contributed by atoms with Gasteiger partial charge in [-0.05, 0) is 32.1 Å². The zero-order chi connectivity index (χ0) is 17.8. The van der Waals surface area contributed by atoms with Gasteiger partial charge in [0, 0.05) is 19.7 Å². The maximum absolute atomic E-state index is 13.1. The van der Waals surface area contributed by atoms with Crippen LogP contribution in [0.3, 0.4) is 0 Å². The van der Waals surface area contributed by atoms with Gasteiger partial charge in [-0.25, -0.2) is 0 Å². The Morgan fingerprint density at radius 2 is 2.00 bits per heavy atom. The van der Waals surface area contributed by atoms with Crippen molar-refractivity contribution in [2.75, 3.05) is 26.3 Å². The summed E-state index contributed by atoms with van der Waals surface area (Å²) in [6.45, 7) is 9.08. The van der Waals surface area contributed by atoms with Gasteiger partial charge in [0.2, 0.25) is 0 Å². The lowest BCUT2D eigenvalue weighted by Crippen LogP contribution is -2.49. The lowest BCUT2D eigenvalue weighted by atomic mass is 10.1. The van der Waals surface area contributed by atoms with Crippen LogP contribution in [-0.4, -0.2) is 59.1 Å². The minimum atomic E-state index is -0.000599. The molecule has 0 unspecified atom stereocenters. The summed E-state index contributed by atoms with van der Waals surface area (Å²) in [5, 5.41) is 4.55. The molecule has 1 amide bonds. The van der Waals surface area contributed by atoms with E-state index in [0.29, 0.717) is 25.7 Å². The molecule has 2 fully saturated rings. The second kappa shape index (κ2) is 8.32. The first-order valence-corrected chi connectivity index (χ1v) is 9.78. The predicted octanol–water partition coefficient (Wildman–Crippen LogP) is 2.83. The number of rotatable bonds is 6. The van der Waals surface area contributed by atoms with E-state index >= 15 is 0 Å². The van der Waals surface area contributed by atoms with E-state index in [-0.39, 0.29) is 18.1 Å². The largest absolute Gasteiger partial charge is 0.375 e. The van der Waals surface area contributed by atoms with Gasteiger partial charge >= 0.3 is 0 Å². The molecule has 0 radical (unpaired) electrons. The summed E-state index contributed by atoms with van der Waals surface area (Å²) in [5.41, 5.74) is 1.81. The Bertz CT molecular complexity index is 576. The molecular formula is C19H31N3O3. The van der Waals surface area contributed by atoms with Gasteiger partial charge in [-0.2, -0.15) is 5.10 Å². The van der Waals surface area contributed by atoms with Crippen LogP contribution in [0.15, 0.2) is 6.20 Å². The van der Waals surface area contributed by atoms with Gasteiger partial charge in [-0.15, -0.1) is 0 Å². The van der Waals surface area contributed by atoms with Crippen LogP contribution in [0.5, 0.6) is 0 Å². The molecule has 0 bridgehead atoms. The molecule has 3 rings (SSSR count). The SMILES string of the molecule is CCc1c(C(=O)N2CCO[C@@H]([C@H]3CCCO3)C2)cnn1C(CC)CC. The standard InChI is InChI=1S/C19H31N3O3/c1-4-14(5-2)22-16(6-3)15(12-20-22)19(23)21-9-11-25-18(13-21)17-8-7-10-24-17/h12,14,17-18H,4-11,13H2,1-3H3/t17-,18-/m1/s1. The van der Waals surface area contributed by atoms with E-state index in [4.69, 9.17) is 9.47 Å². The molecule has 0 aliphatic carbocycles. The van der Waals surface area contributed by atoms with Crippen LogP contribution in [0.1, 0.15) is 68.5 Å². The summed E-state index contributed by atoms with van der Waals surface area (Å²) in [6, 6.07) is 0.362. The molecule has 140 valence electrons. The molecule has 1 aromatic rings. The summed E-state index contributed by atoms with van der Waals surface area (Å²) in [5.74, 6) is 0.0837. The van der Waals surface area contributed by atoms with Crippen molar-refractivity contribution in [2.24, 2.45) is 0 Å². The first-order chi connectivity index (χ1) is 12.2. The third-order valence-corrected chi connectivity index (χ3v) is 5.51. The van der Waals surface area contributed by atoms with Gasteiger partial charge < -0.3 is 14.4 Å². The number of ether oxygens (including phenoxy) is 2. The highest BCUT2D eigenvalue weighted by Gasteiger charge is 2.34. The highest BCUT2D eigenvalue weighted by Crippen LogP contribution is 2.24. The number of hydrogen-bond donors (Lipinski definition) is 0. The van der Waals surface area contributed by atoms with E-state index < -0.39 is 0 Å². The Kier molecular flexibility index (Phi) is 6.12. The van der Waals surface area contributed by atoms with Crippen molar-refractivity contribution in [3.8, 4) is 0 Å². The van der Waals surface area contributed by atoms with E-state index in [1.165, 1.54) is 0 Å². The second-order valence-electron chi connectivity index (χ2n) is 6.99. The quantitative estimate of drug-likeness (QED) is 0.792. The smallest absolute Gasteiger partial charge is 0.257 e. The van der Waals surface area contributed by atoms with Crippen molar-refractivity contribution in [1.29, 1.82) is 0 Å². The lowest BCUT2D eigenvalue weighted by Gasteiger charge is -2.35. The van der Waals surface area contributed by atoms with Crippen molar-refractivity contribution >= 4 is 5.91 Å². The fourth-order valence-corrected chi connectivity index (χ4v) is 4.02. The molecule has 6 nitrogen and oxygen atoms in total. The van der Waals surface area contributed by atoms with Gasteiger partial charge in [0.05, 0.1) is 36.2 Å². The lowest BCUT2D eigenvalue weighted by molar-refractivity contribution is -0.0868. The van der Waals surface area contributed by atoms with E-state index in [2.05, 4.69) is 30.6 Å². The minimum absolute atomic E-state index is 0.000599. The number of amides is 1. The van der Waals surface area contributed by atoms with Gasteiger partial charge in [0.15, 0.2) is 0 Å². The van der Waals surface area contributed by atoms with Gasteiger partial charge in [-0.1, -0.05) is 20.8 Å². The molecule has 25 heavy (non-hydrogen) atoms.